The number of carboxylic acid groups (broad SMARTS) is 1. The Morgan fingerprint density at radius 3 is 1.42 bits per heavy atom. The zero-order valence-corrected chi connectivity index (χ0v) is 35.0. The van der Waals surface area contributed by atoms with Gasteiger partial charge in [-0.25, -0.2) is 4.79 Å². The maximum absolute atomic E-state index is 14.1. The third kappa shape index (κ3) is 18.0. The van der Waals surface area contributed by atoms with Crippen LogP contribution in [0.15, 0.2) is 91.0 Å². The molecule has 5 amide bonds. The highest BCUT2D eigenvalue weighted by Gasteiger charge is 2.32. The molecule has 0 aliphatic heterocycles. The third-order valence-corrected chi connectivity index (χ3v) is 9.60. The molecule has 8 N–H and O–H groups in total. The molecular weight excluding hydrogens is 771 g/mol. The molecule has 0 bridgehead atoms. The van der Waals surface area contributed by atoms with Gasteiger partial charge in [-0.1, -0.05) is 119 Å². The van der Waals surface area contributed by atoms with E-state index < -0.39 is 91.0 Å². The Labute approximate surface area is 352 Å². The lowest BCUT2D eigenvalue weighted by atomic mass is 9.95. The maximum atomic E-state index is 14.1. The van der Waals surface area contributed by atoms with Gasteiger partial charge in [0.2, 0.25) is 23.6 Å². The van der Waals surface area contributed by atoms with E-state index in [9.17, 15) is 39.0 Å². The first-order valence-corrected chi connectivity index (χ1v) is 20.3. The third-order valence-electron chi connectivity index (χ3n) is 9.60. The van der Waals surface area contributed by atoms with Gasteiger partial charge < -0.3 is 46.6 Å². The van der Waals surface area contributed by atoms with Crippen LogP contribution in [0.2, 0.25) is 0 Å². The number of alkyl carbamates (subject to hydrolysis) is 1. The molecule has 7 atom stereocenters. The van der Waals surface area contributed by atoms with Gasteiger partial charge in [-0.3, -0.25) is 24.0 Å². The van der Waals surface area contributed by atoms with E-state index >= 15 is 0 Å². The second-order valence-corrected chi connectivity index (χ2v) is 15.9. The summed E-state index contributed by atoms with van der Waals surface area (Å²) in [5.41, 5.74) is 2.24. The molecule has 326 valence electrons. The van der Waals surface area contributed by atoms with Crippen LogP contribution in [0.3, 0.4) is 0 Å². The van der Waals surface area contributed by atoms with Gasteiger partial charge in [-0.2, -0.15) is 0 Å². The monoisotopic (exact) mass is 831 g/mol. The van der Waals surface area contributed by atoms with Gasteiger partial charge in [0.25, 0.3) is 0 Å². The summed E-state index contributed by atoms with van der Waals surface area (Å²) in [5, 5.41) is 44.4. The lowest BCUT2D eigenvalue weighted by Gasteiger charge is -2.29. The summed E-state index contributed by atoms with van der Waals surface area (Å²) >= 11 is 0. The average molecular weight is 832 g/mol. The van der Waals surface area contributed by atoms with Crippen molar-refractivity contribution in [2.45, 2.75) is 122 Å². The summed E-state index contributed by atoms with van der Waals surface area (Å²) in [6.07, 6.45) is -3.93. The first kappa shape index (κ1) is 48.6. The van der Waals surface area contributed by atoms with Crippen LogP contribution in [0.1, 0.15) is 77.0 Å². The zero-order chi connectivity index (χ0) is 44.2. The van der Waals surface area contributed by atoms with Crippen molar-refractivity contribution in [3.8, 4) is 0 Å². The summed E-state index contributed by atoms with van der Waals surface area (Å²) in [7, 11) is 0. The molecule has 0 aliphatic carbocycles. The number of amides is 5. The molecule has 15 heteroatoms. The molecule has 15 nitrogen and oxygen atoms in total. The van der Waals surface area contributed by atoms with Gasteiger partial charge in [0, 0.05) is 12.8 Å². The molecule has 0 spiro atoms. The fourth-order valence-electron chi connectivity index (χ4n) is 6.55. The van der Waals surface area contributed by atoms with E-state index in [4.69, 9.17) is 9.84 Å². The van der Waals surface area contributed by atoms with E-state index in [-0.39, 0.29) is 37.7 Å². The van der Waals surface area contributed by atoms with Gasteiger partial charge >= 0.3 is 12.1 Å². The summed E-state index contributed by atoms with van der Waals surface area (Å²) in [6, 6.07) is 21.9. The molecule has 0 heterocycles. The SMILES string of the molecule is CC(C)C[C@H](NC(=O)[C@H](C)NC(=O)C[C@H](O)[C@H](CC(C)C)NC(=O)[C@H](Cc1ccccc1)NC(=O)[C@H](Cc1ccccc1)NC(=O)OCc1ccccc1)[C@@H](O)CC(=O)O. The van der Waals surface area contributed by atoms with Crippen LogP contribution < -0.4 is 26.6 Å². The number of rotatable bonds is 24. The predicted molar refractivity (Wildman–Crippen MR) is 225 cm³/mol. The minimum atomic E-state index is -1.40. The largest absolute Gasteiger partial charge is 0.481 e. The summed E-state index contributed by atoms with van der Waals surface area (Å²) in [4.78, 5) is 78.5. The summed E-state index contributed by atoms with van der Waals surface area (Å²) in [5.74, 6) is -3.87. The quantitative estimate of drug-likeness (QED) is 0.0656. The predicted octanol–water partition coefficient (Wildman–Crippen LogP) is 3.40. The molecule has 0 radical (unpaired) electrons. The number of aliphatic hydroxyl groups is 2. The van der Waals surface area contributed by atoms with Crippen molar-refractivity contribution in [2.24, 2.45) is 11.8 Å². The van der Waals surface area contributed by atoms with Crippen molar-refractivity contribution < 1.29 is 48.8 Å². The molecule has 3 rings (SSSR count). The first-order valence-electron chi connectivity index (χ1n) is 20.3. The lowest BCUT2D eigenvalue weighted by molar-refractivity contribution is -0.140. The van der Waals surface area contributed by atoms with Crippen molar-refractivity contribution in [1.29, 1.82) is 0 Å². The number of carboxylic acids is 1. The van der Waals surface area contributed by atoms with Crippen molar-refractivity contribution in [1.82, 2.24) is 26.6 Å². The molecule has 0 unspecified atom stereocenters. The maximum Gasteiger partial charge on any atom is 0.408 e. The van der Waals surface area contributed by atoms with Gasteiger partial charge in [0.05, 0.1) is 37.1 Å². The van der Waals surface area contributed by atoms with Gasteiger partial charge in [-0.15, -0.1) is 0 Å². The molecule has 60 heavy (non-hydrogen) atoms. The number of carbonyl (C=O) groups is 6. The number of hydrogen-bond acceptors (Lipinski definition) is 9. The van der Waals surface area contributed by atoms with E-state index in [1.807, 2.05) is 70.2 Å². The number of benzene rings is 3. The van der Waals surface area contributed by atoms with Gasteiger partial charge in [-0.05, 0) is 48.3 Å². The molecule has 0 saturated heterocycles. The fourth-order valence-corrected chi connectivity index (χ4v) is 6.55. The number of nitrogens with one attached hydrogen (secondary N) is 5. The van der Waals surface area contributed by atoms with Crippen molar-refractivity contribution in [3.63, 3.8) is 0 Å². The van der Waals surface area contributed by atoms with E-state index in [2.05, 4.69) is 26.6 Å². The van der Waals surface area contributed by atoms with Crippen LogP contribution in [0.5, 0.6) is 0 Å². The van der Waals surface area contributed by atoms with Crippen LogP contribution in [-0.2, 0) is 48.2 Å². The highest BCUT2D eigenvalue weighted by atomic mass is 16.5. The molecule has 0 aliphatic rings. The summed E-state index contributed by atoms with van der Waals surface area (Å²) in [6.45, 7) is 8.87. The normalized spacial score (nSPS) is 14.7. The molecule has 0 fully saturated rings. The van der Waals surface area contributed by atoms with E-state index in [0.717, 1.165) is 16.7 Å². The Balaban J connectivity index is 1.75. The number of aliphatic hydroxyl groups excluding tert-OH is 2. The zero-order valence-electron chi connectivity index (χ0n) is 35.0. The molecule has 3 aromatic rings. The fraction of sp³-hybridized carbons (Fsp3) is 0.467. The molecular formula is C45H61N5O10. The average Bonchev–Trinajstić information content (AvgIpc) is 3.19. The molecule has 0 saturated carbocycles. The minimum absolute atomic E-state index is 0.0212. The number of hydrogen-bond donors (Lipinski definition) is 8. The van der Waals surface area contributed by atoms with E-state index in [1.54, 1.807) is 48.5 Å². The smallest absolute Gasteiger partial charge is 0.408 e. The Kier molecular flexibility index (Phi) is 20.2. The number of ether oxygens (including phenoxy) is 1. The first-order chi connectivity index (χ1) is 28.5. The topological polar surface area (TPSA) is 232 Å². The Bertz CT molecular complexity index is 1810. The lowest BCUT2D eigenvalue weighted by Crippen LogP contribution is -2.57. The standard InChI is InChI=1S/C45H61N5O10/c1-28(2)21-34(38(51)25-40(53)46-30(5)42(56)47-35(22-29(3)4)39(52)26-41(54)55)48-43(57)36(23-31-15-9-6-10-16-31)49-44(58)37(24-32-17-11-7-12-18-32)50-45(59)60-27-33-19-13-8-14-20-33/h6-20,28-30,34-39,51-52H,21-27H2,1-5H3,(H,46,53)(H,47,56)(H,48,57)(H,49,58)(H,50,59)(H,54,55)/t30-,34-,35-,36-,37-,38-,39-/m0/s1. The van der Waals surface area contributed by atoms with Crippen molar-refractivity contribution >= 4 is 35.7 Å². The second kappa shape index (κ2) is 25.0. The van der Waals surface area contributed by atoms with Crippen LogP contribution in [-0.4, -0.2) is 93.4 Å². The Hall–Kier alpha value is -5.80. The highest BCUT2D eigenvalue weighted by Crippen LogP contribution is 2.15. The molecule has 3 aromatic carbocycles. The van der Waals surface area contributed by atoms with Crippen LogP contribution in [0.4, 0.5) is 4.79 Å². The number of aliphatic carboxylic acids is 1. The minimum Gasteiger partial charge on any atom is -0.481 e. The van der Waals surface area contributed by atoms with Crippen LogP contribution in [0.25, 0.3) is 0 Å². The van der Waals surface area contributed by atoms with Crippen LogP contribution >= 0.6 is 0 Å². The van der Waals surface area contributed by atoms with Gasteiger partial charge in [0.15, 0.2) is 0 Å². The Morgan fingerprint density at radius 2 is 0.950 bits per heavy atom. The van der Waals surface area contributed by atoms with Crippen LogP contribution in [0, 0.1) is 11.8 Å². The van der Waals surface area contributed by atoms with Crippen molar-refractivity contribution in [2.75, 3.05) is 0 Å². The Morgan fingerprint density at radius 1 is 0.533 bits per heavy atom. The van der Waals surface area contributed by atoms with Crippen molar-refractivity contribution in [3.05, 3.63) is 108 Å². The number of carbonyl (C=O) groups excluding carboxylic acids is 5. The summed E-state index contributed by atoms with van der Waals surface area (Å²) < 4.78 is 5.41. The van der Waals surface area contributed by atoms with E-state index in [1.165, 1.54) is 6.92 Å². The van der Waals surface area contributed by atoms with Gasteiger partial charge in [0.1, 0.15) is 24.7 Å². The van der Waals surface area contributed by atoms with E-state index in [0.29, 0.717) is 6.42 Å². The second-order valence-electron chi connectivity index (χ2n) is 15.9. The highest BCUT2D eigenvalue weighted by molar-refractivity contribution is 5.92. The molecule has 0 aromatic heterocycles.